The SMILES string of the molecule is Cc1ccc(C)c(C(=O)[C@@H](C)OC(=O)[C@@H](C)N2C(=O)c3ccccc3C2=O)c1. The summed E-state index contributed by atoms with van der Waals surface area (Å²) in [6.45, 7) is 6.58. The Labute approximate surface area is 163 Å². The number of benzene rings is 2. The van der Waals surface area contributed by atoms with Crippen molar-refractivity contribution >= 4 is 23.6 Å². The summed E-state index contributed by atoms with van der Waals surface area (Å²) in [5.41, 5.74) is 2.70. The van der Waals surface area contributed by atoms with Gasteiger partial charge in [0.1, 0.15) is 6.04 Å². The van der Waals surface area contributed by atoms with E-state index in [9.17, 15) is 19.2 Å². The largest absolute Gasteiger partial charge is 0.453 e. The zero-order valence-electron chi connectivity index (χ0n) is 16.2. The van der Waals surface area contributed by atoms with Gasteiger partial charge in [-0.1, -0.05) is 29.8 Å². The highest BCUT2D eigenvalue weighted by molar-refractivity contribution is 6.22. The van der Waals surface area contributed by atoms with Crippen LogP contribution in [0.25, 0.3) is 0 Å². The Morgan fingerprint density at radius 2 is 1.50 bits per heavy atom. The Balaban J connectivity index is 1.74. The van der Waals surface area contributed by atoms with Gasteiger partial charge in [-0.25, -0.2) is 4.79 Å². The number of rotatable bonds is 5. The number of Topliss-reactive ketones (excluding diaryl/α,β-unsaturated/α-hetero) is 1. The van der Waals surface area contributed by atoms with Gasteiger partial charge in [-0.15, -0.1) is 0 Å². The van der Waals surface area contributed by atoms with E-state index in [0.717, 1.165) is 16.0 Å². The van der Waals surface area contributed by atoms with Crippen LogP contribution in [0.15, 0.2) is 42.5 Å². The molecule has 0 aliphatic carbocycles. The van der Waals surface area contributed by atoms with E-state index in [1.54, 1.807) is 30.3 Å². The third-order valence-corrected chi connectivity index (χ3v) is 4.87. The number of imide groups is 1. The molecule has 2 atom stereocenters. The first-order valence-electron chi connectivity index (χ1n) is 9.01. The molecule has 0 unspecified atom stereocenters. The third-order valence-electron chi connectivity index (χ3n) is 4.87. The Bertz CT molecular complexity index is 959. The molecule has 0 bridgehead atoms. The minimum Gasteiger partial charge on any atom is -0.453 e. The number of ether oxygens (including phenoxy) is 1. The first kappa shape index (κ1) is 19.5. The topological polar surface area (TPSA) is 80.8 Å². The van der Waals surface area contributed by atoms with E-state index >= 15 is 0 Å². The molecule has 0 saturated heterocycles. The number of esters is 1. The van der Waals surface area contributed by atoms with E-state index in [1.807, 2.05) is 26.0 Å². The fourth-order valence-corrected chi connectivity index (χ4v) is 3.21. The highest BCUT2D eigenvalue weighted by Gasteiger charge is 2.41. The van der Waals surface area contributed by atoms with Gasteiger partial charge in [0.25, 0.3) is 11.8 Å². The molecule has 1 heterocycles. The van der Waals surface area contributed by atoms with Crippen LogP contribution in [-0.2, 0) is 9.53 Å². The van der Waals surface area contributed by atoms with E-state index in [1.165, 1.54) is 13.8 Å². The molecule has 0 N–H and O–H groups in total. The zero-order chi connectivity index (χ0) is 20.6. The molecule has 2 aromatic rings. The van der Waals surface area contributed by atoms with Gasteiger partial charge in [0.15, 0.2) is 6.10 Å². The lowest BCUT2D eigenvalue weighted by atomic mass is 9.99. The first-order chi connectivity index (χ1) is 13.2. The molecule has 1 aliphatic heterocycles. The van der Waals surface area contributed by atoms with Gasteiger partial charge in [-0.2, -0.15) is 0 Å². The number of nitrogens with zero attached hydrogens (tertiary/aromatic N) is 1. The van der Waals surface area contributed by atoms with Crippen LogP contribution in [0.5, 0.6) is 0 Å². The van der Waals surface area contributed by atoms with E-state index < -0.39 is 29.9 Å². The summed E-state index contributed by atoms with van der Waals surface area (Å²) in [5.74, 6) is -2.22. The lowest BCUT2D eigenvalue weighted by Gasteiger charge is -2.23. The van der Waals surface area contributed by atoms with Gasteiger partial charge in [-0.3, -0.25) is 19.3 Å². The second-order valence-corrected chi connectivity index (χ2v) is 6.96. The Hall–Kier alpha value is -3.28. The molecule has 0 aromatic heterocycles. The second kappa shape index (κ2) is 7.38. The van der Waals surface area contributed by atoms with Crippen molar-refractivity contribution in [2.24, 2.45) is 0 Å². The molecule has 6 nitrogen and oxygen atoms in total. The van der Waals surface area contributed by atoms with E-state index in [4.69, 9.17) is 4.74 Å². The standard InChI is InChI=1S/C22H21NO5/c1-12-9-10-13(2)18(11-12)19(24)15(4)28-22(27)14(3)23-20(25)16-7-5-6-8-17(16)21(23)26/h5-11,14-15H,1-4H3/t14-,15-/m1/s1. The van der Waals surface area contributed by atoms with Crippen LogP contribution in [-0.4, -0.2) is 40.6 Å². The number of amides is 2. The summed E-state index contributed by atoms with van der Waals surface area (Å²) in [4.78, 5) is 51.1. The smallest absolute Gasteiger partial charge is 0.329 e. The van der Waals surface area contributed by atoms with E-state index in [-0.39, 0.29) is 16.9 Å². The van der Waals surface area contributed by atoms with Crippen LogP contribution in [0.1, 0.15) is 56.0 Å². The lowest BCUT2D eigenvalue weighted by molar-refractivity contribution is -0.150. The van der Waals surface area contributed by atoms with Crippen molar-refractivity contribution < 1.29 is 23.9 Å². The van der Waals surface area contributed by atoms with Crippen LogP contribution in [0, 0.1) is 13.8 Å². The number of ketones is 1. The normalized spacial score (nSPS) is 15.2. The molecule has 0 radical (unpaired) electrons. The maximum Gasteiger partial charge on any atom is 0.329 e. The maximum atomic E-state index is 12.7. The number of hydrogen-bond donors (Lipinski definition) is 0. The molecule has 0 spiro atoms. The average Bonchev–Trinajstić information content (AvgIpc) is 2.93. The van der Waals surface area contributed by atoms with Crippen LogP contribution >= 0.6 is 0 Å². The molecule has 0 fully saturated rings. The molecule has 6 heteroatoms. The van der Waals surface area contributed by atoms with Crippen LogP contribution < -0.4 is 0 Å². The van der Waals surface area contributed by atoms with Crippen LogP contribution in [0.4, 0.5) is 0 Å². The molecular formula is C22H21NO5. The molecule has 2 amide bonds. The van der Waals surface area contributed by atoms with Crippen molar-refractivity contribution in [3.8, 4) is 0 Å². The van der Waals surface area contributed by atoms with Gasteiger partial charge in [-0.05, 0) is 51.5 Å². The second-order valence-electron chi connectivity index (χ2n) is 6.96. The summed E-state index contributed by atoms with van der Waals surface area (Å²) in [5, 5.41) is 0. The van der Waals surface area contributed by atoms with Gasteiger partial charge in [0.05, 0.1) is 11.1 Å². The molecule has 144 valence electrons. The number of fused-ring (bicyclic) bond motifs is 1. The average molecular weight is 379 g/mol. The fourth-order valence-electron chi connectivity index (χ4n) is 3.21. The predicted octanol–water partition coefficient (Wildman–Crippen LogP) is 3.10. The van der Waals surface area contributed by atoms with Crippen molar-refractivity contribution in [1.29, 1.82) is 0 Å². The summed E-state index contributed by atoms with van der Waals surface area (Å²) in [7, 11) is 0. The minimum absolute atomic E-state index is 0.256. The molecular weight excluding hydrogens is 358 g/mol. The van der Waals surface area contributed by atoms with Gasteiger partial charge < -0.3 is 4.74 Å². The summed E-state index contributed by atoms with van der Waals surface area (Å²) < 4.78 is 5.30. The van der Waals surface area contributed by atoms with Crippen LogP contribution in [0.3, 0.4) is 0 Å². The zero-order valence-corrected chi connectivity index (χ0v) is 16.2. The van der Waals surface area contributed by atoms with E-state index in [2.05, 4.69) is 0 Å². The van der Waals surface area contributed by atoms with Crippen molar-refractivity contribution in [1.82, 2.24) is 4.90 Å². The summed E-state index contributed by atoms with van der Waals surface area (Å²) >= 11 is 0. The van der Waals surface area contributed by atoms with Gasteiger partial charge in [0, 0.05) is 5.56 Å². The Morgan fingerprint density at radius 1 is 0.929 bits per heavy atom. The Morgan fingerprint density at radius 3 is 2.07 bits per heavy atom. The van der Waals surface area contributed by atoms with Crippen molar-refractivity contribution in [3.63, 3.8) is 0 Å². The fraction of sp³-hybridized carbons (Fsp3) is 0.273. The van der Waals surface area contributed by atoms with E-state index in [0.29, 0.717) is 5.56 Å². The number of carbonyl (C=O) groups is 4. The first-order valence-corrected chi connectivity index (χ1v) is 9.01. The quantitative estimate of drug-likeness (QED) is 0.453. The highest BCUT2D eigenvalue weighted by Crippen LogP contribution is 2.25. The molecule has 28 heavy (non-hydrogen) atoms. The lowest BCUT2D eigenvalue weighted by Crippen LogP contribution is -2.45. The van der Waals surface area contributed by atoms with Crippen molar-refractivity contribution in [2.45, 2.75) is 39.8 Å². The number of aryl methyl sites for hydroxylation is 2. The maximum absolute atomic E-state index is 12.7. The van der Waals surface area contributed by atoms with Gasteiger partial charge in [0.2, 0.25) is 5.78 Å². The number of hydrogen-bond acceptors (Lipinski definition) is 5. The van der Waals surface area contributed by atoms with Gasteiger partial charge >= 0.3 is 5.97 Å². The molecule has 3 rings (SSSR count). The monoisotopic (exact) mass is 379 g/mol. The summed E-state index contributed by atoms with van der Waals surface area (Å²) in [6.07, 6.45) is -1.04. The predicted molar refractivity (Wildman–Crippen MR) is 102 cm³/mol. The molecule has 1 aliphatic rings. The Kier molecular flexibility index (Phi) is 5.14. The van der Waals surface area contributed by atoms with Crippen LogP contribution in [0.2, 0.25) is 0 Å². The number of carbonyl (C=O) groups excluding carboxylic acids is 4. The minimum atomic E-state index is -1.14. The molecule has 2 aromatic carbocycles. The molecule has 0 saturated carbocycles. The van der Waals surface area contributed by atoms with Crippen molar-refractivity contribution in [3.05, 3.63) is 70.3 Å². The summed E-state index contributed by atoms with van der Waals surface area (Å²) in [6, 6.07) is 10.7. The van der Waals surface area contributed by atoms with Crippen molar-refractivity contribution in [2.75, 3.05) is 0 Å². The third kappa shape index (κ3) is 3.33. The highest BCUT2D eigenvalue weighted by atomic mass is 16.5.